The molecule has 1 aromatic heterocycles. The topological polar surface area (TPSA) is 76.3 Å². The van der Waals surface area contributed by atoms with Crippen molar-refractivity contribution >= 4 is 22.7 Å². The molecule has 6 heteroatoms. The Morgan fingerprint density at radius 3 is 2.70 bits per heavy atom. The highest BCUT2D eigenvalue weighted by Gasteiger charge is 2.28. The monoisotopic (exact) mass is 405 g/mol. The Balaban J connectivity index is 1.52. The highest BCUT2D eigenvalue weighted by Crippen LogP contribution is 2.30. The number of para-hydroxylation sites is 1. The number of piperidine rings is 1. The first-order valence-corrected chi connectivity index (χ1v) is 10.2. The summed E-state index contributed by atoms with van der Waals surface area (Å²) >= 11 is 0. The molecule has 3 aromatic rings. The van der Waals surface area contributed by atoms with Gasteiger partial charge in [0.25, 0.3) is 5.91 Å². The van der Waals surface area contributed by atoms with E-state index in [0.717, 1.165) is 23.7 Å². The predicted octanol–water partition coefficient (Wildman–Crippen LogP) is 3.81. The van der Waals surface area contributed by atoms with E-state index in [1.807, 2.05) is 24.3 Å². The van der Waals surface area contributed by atoms with Gasteiger partial charge in [0, 0.05) is 30.8 Å². The van der Waals surface area contributed by atoms with E-state index in [1.54, 1.807) is 29.2 Å². The van der Waals surface area contributed by atoms with Gasteiger partial charge in [-0.05, 0) is 43.0 Å². The fraction of sp³-hybridized carbons (Fsp3) is 0.292. The van der Waals surface area contributed by atoms with Gasteiger partial charge in [-0.3, -0.25) is 14.6 Å². The minimum absolute atomic E-state index is 0.00985. The molecule has 2 aromatic carbocycles. The van der Waals surface area contributed by atoms with Gasteiger partial charge in [-0.2, -0.15) is 0 Å². The first-order valence-electron chi connectivity index (χ1n) is 10.2. The number of hydrogen-bond acceptors (Lipinski definition) is 3. The van der Waals surface area contributed by atoms with Crippen LogP contribution in [0.3, 0.4) is 0 Å². The third kappa shape index (κ3) is 4.17. The summed E-state index contributed by atoms with van der Waals surface area (Å²) in [6.07, 6.45) is 2.28. The quantitative estimate of drug-likeness (QED) is 0.701. The number of primary amides is 1. The first-order chi connectivity index (χ1) is 14.5. The number of likely N-dealkylation sites (tertiary alicyclic amines) is 1. The van der Waals surface area contributed by atoms with Gasteiger partial charge in [0.15, 0.2) is 0 Å². The second-order valence-corrected chi connectivity index (χ2v) is 7.75. The molecule has 30 heavy (non-hydrogen) atoms. The lowest BCUT2D eigenvalue weighted by Gasteiger charge is -2.33. The normalized spacial score (nSPS) is 16.6. The van der Waals surface area contributed by atoms with Crippen LogP contribution in [0.15, 0.2) is 54.6 Å². The van der Waals surface area contributed by atoms with Crippen molar-refractivity contribution in [3.05, 3.63) is 77.2 Å². The van der Waals surface area contributed by atoms with Crippen molar-refractivity contribution in [2.24, 2.45) is 5.73 Å². The number of fused-ring (bicyclic) bond motifs is 1. The number of nitrogens with zero attached hydrogens (tertiary/aromatic N) is 2. The molecule has 2 amide bonds. The number of hydrogen-bond donors (Lipinski definition) is 1. The van der Waals surface area contributed by atoms with Gasteiger partial charge in [0.2, 0.25) is 5.91 Å². The highest BCUT2D eigenvalue weighted by atomic mass is 19.1. The van der Waals surface area contributed by atoms with E-state index in [4.69, 9.17) is 10.7 Å². The zero-order valence-electron chi connectivity index (χ0n) is 16.7. The van der Waals surface area contributed by atoms with Gasteiger partial charge in [-0.15, -0.1) is 0 Å². The smallest absolute Gasteiger partial charge is 0.250 e. The van der Waals surface area contributed by atoms with Crippen LogP contribution in [0.5, 0.6) is 0 Å². The summed E-state index contributed by atoms with van der Waals surface area (Å²) in [5.74, 6) is -0.854. The number of carbonyl (C=O) groups is 2. The number of rotatable bonds is 5. The number of benzene rings is 2. The molecule has 1 fully saturated rings. The third-order valence-corrected chi connectivity index (χ3v) is 5.75. The van der Waals surface area contributed by atoms with Crippen LogP contribution < -0.4 is 5.73 Å². The van der Waals surface area contributed by atoms with E-state index in [2.05, 4.69) is 0 Å². The Kier molecular flexibility index (Phi) is 5.74. The summed E-state index contributed by atoms with van der Waals surface area (Å²) in [5, 5.41) is 0.865. The lowest BCUT2D eigenvalue weighted by Crippen LogP contribution is -2.40. The number of aromatic nitrogens is 1. The zero-order chi connectivity index (χ0) is 21.1. The van der Waals surface area contributed by atoms with Crippen molar-refractivity contribution < 1.29 is 14.0 Å². The average Bonchev–Trinajstić information content (AvgIpc) is 2.77. The maximum Gasteiger partial charge on any atom is 0.250 e. The average molecular weight is 405 g/mol. The van der Waals surface area contributed by atoms with Crippen molar-refractivity contribution in [1.29, 1.82) is 0 Å². The van der Waals surface area contributed by atoms with Gasteiger partial charge in [0.1, 0.15) is 5.82 Å². The molecule has 1 saturated heterocycles. The number of aryl methyl sites for hydroxylation is 1. The number of nitrogens with two attached hydrogens (primary N) is 1. The lowest BCUT2D eigenvalue weighted by molar-refractivity contribution is -0.132. The summed E-state index contributed by atoms with van der Waals surface area (Å²) in [6.45, 7) is 1.15. The third-order valence-electron chi connectivity index (χ3n) is 5.75. The molecule has 1 aliphatic rings. The molecule has 5 nitrogen and oxygen atoms in total. The summed E-state index contributed by atoms with van der Waals surface area (Å²) in [4.78, 5) is 31.4. The second-order valence-electron chi connectivity index (χ2n) is 7.75. The molecule has 1 aliphatic heterocycles. The van der Waals surface area contributed by atoms with E-state index in [-0.39, 0.29) is 24.1 Å². The number of carbonyl (C=O) groups excluding carboxylic acids is 2. The molecule has 0 unspecified atom stereocenters. The van der Waals surface area contributed by atoms with Crippen LogP contribution in [0.25, 0.3) is 10.9 Å². The number of pyridine rings is 1. The molecular weight excluding hydrogens is 381 g/mol. The van der Waals surface area contributed by atoms with Gasteiger partial charge >= 0.3 is 0 Å². The Bertz CT molecular complexity index is 1100. The SMILES string of the molecule is NC(=O)c1cc2ccccc2nc1[C@@H]1CCCN(C(=O)CCc2ccccc2F)C1. The second kappa shape index (κ2) is 8.61. The van der Waals surface area contributed by atoms with Crippen molar-refractivity contribution in [1.82, 2.24) is 9.88 Å². The van der Waals surface area contributed by atoms with Gasteiger partial charge in [-0.1, -0.05) is 36.4 Å². The van der Waals surface area contributed by atoms with E-state index >= 15 is 0 Å². The summed E-state index contributed by atoms with van der Waals surface area (Å²) in [7, 11) is 0. The van der Waals surface area contributed by atoms with E-state index in [1.165, 1.54) is 6.07 Å². The minimum Gasteiger partial charge on any atom is -0.366 e. The number of halogens is 1. The van der Waals surface area contributed by atoms with Crippen LogP contribution in [-0.2, 0) is 11.2 Å². The molecule has 2 N–H and O–H groups in total. The van der Waals surface area contributed by atoms with Crippen LogP contribution in [-0.4, -0.2) is 34.8 Å². The Labute approximate surface area is 174 Å². The Hall–Kier alpha value is -3.28. The predicted molar refractivity (Wildman–Crippen MR) is 114 cm³/mol. The highest BCUT2D eigenvalue weighted by molar-refractivity contribution is 5.97. The van der Waals surface area contributed by atoms with Crippen LogP contribution >= 0.6 is 0 Å². The van der Waals surface area contributed by atoms with Crippen molar-refractivity contribution in [2.75, 3.05) is 13.1 Å². The zero-order valence-corrected chi connectivity index (χ0v) is 16.7. The van der Waals surface area contributed by atoms with E-state index < -0.39 is 5.91 Å². The summed E-state index contributed by atoms with van der Waals surface area (Å²) in [6, 6.07) is 15.9. The number of amides is 2. The summed E-state index contributed by atoms with van der Waals surface area (Å²) < 4.78 is 13.8. The van der Waals surface area contributed by atoms with Crippen molar-refractivity contribution in [3.63, 3.8) is 0 Å². The molecule has 0 radical (unpaired) electrons. The van der Waals surface area contributed by atoms with Gasteiger partial charge in [-0.25, -0.2) is 4.39 Å². The minimum atomic E-state index is -0.508. The standard InChI is InChI=1S/C24H24FN3O2/c25-20-9-3-1-6-16(20)11-12-22(29)28-13-5-8-18(15-28)23-19(24(26)30)14-17-7-2-4-10-21(17)27-23/h1-4,6-7,9-10,14,18H,5,8,11-13,15H2,(H2,26,30)/t18-/m1/s1. The molecule has 0 bridgehead atoms. The lowest BCUT2D eigenvalue weighted by atomic mass is 9.90. The van der Waals surface area contributed by atoms with E-state index in [0.29, 0.717) is 36.3 Å². The van der Waals surface area contributed by atoms with Crippen molar-refractivity contribution in [2.45, 2.75) is 31.6 Å². The molecule has 0 aliphatic carbocycles. The van der Waals surface area contributed by atoms with Crippen molar-refractivity contribution in [3.8, 4) is 0 Å². The van der Waals surface area contributed by atoms with Crippen LogP contribution in [0.2, 0.25) is 0 Å². The van der Waals surface area contributed by atoms with Crippen LogP contribution in [0.1, 0.15) is 46.8 Å². The Morgan fingerprint density at radius 1 is 1.13 bits per heavy atom. The van der Waals surface area contributed by atoms with Gasteiger partial charge < -0.3 is 10.6 Å². The summed E-state index contributed by atoms with van der Waals surface area (Å²) in [5.41, 5.74) is 8.07. The molecule has 1 atom stereocenters. The molecule has 2 heterocycles. The van der Waals surface area contributed by atoms with E-state index in [9.17, 15) is 14.0 Å². The van der Waals surface area contributed by atoms with Gasteiger partial charge in [0.05, 0.1) is 16.8 Å². The van der Waals surface area contributed by atoms with Crippen LogP contribution in [0.4, 0.5) is 4.39 Å². The maximum atomic E-state index is 13.8. The molecule has 0 spiro atoms. The maximum absolute atomic E-state index is 13.8. The fourth-order valence-corrected chi connectivity index (χ4v) is 4.17. The molecule has 4 rings (SSSR count). The first kappa shape index (κ1) is 20.0. The largest absolute Gasteiger partial charge is 0.366 e. The molecule has 0 saturated carbocycles. The van der Waals surface area contributed by atoms with Crippen LogP contribution in [0, 0.1) is 5.82 Å². The molecule has 154 valence electrons. The fourth-order valence-electron chi connectivity index (χ4n) is 4.17. The Morgan fingerprint density at radius 2 is 1.90 bits per heavy atom. The molecular formula is C24H24FN3O2.